The number of phenolic OH excluding ortho intramolecular Hbond substituents is 1. The predicted octanol–water partition coefficient (Wildman–Crippen LogP) is 1.11. The number of aromatic hydroxyl groups is 1. The molecule has 0 bridgehead atoms. The van der Waals surface area contributed by atoms with Crippen LogP contribution in [0.3, 0.4) is 0 Å². The smallest absolute Gasteiger partial charge is 0.357 e. The van der Waals surface area contributed by atoms with Crippen LogP contribution in [0.1, 0.15) is 17.3 Å². The van der Waals surface area contributed by atoms with Gasteiger partial charge in [-0.1, -0.05) is 6.07 Å². The molecule has 0 aliphatic heterocycles. The van der Waals surface area contributed by atoms with Gasteiger partial charge in [0.1, 0.15) is 11.3 Å². The third-order valence-corrected chi connectivity index (χ3v) is 1.84. The van der Waals surface area contributed by atoms with Crippen LogP contribution in [-0.4, -0.2) is 19.7 Å². The monoisotopic (exact) mass is 216 g/mol. The minimum absolute atomic E-state index is 0.102. The number of Topliss-reactive ketones (excluding diaryl/α,β-unsaturated/α-hetero) is 1. The van der Waals surface area contributed by atoms with E-state index < -0.39 is 17.1 Å². The van der Waals surface area contributed by atoms with Gasteiger partial charge in [0.05, 0.1) is 0 Å². The number of hydrogen-bond acceptors (Lipinski definition) is 4. The van der Waals surface area contributed by atoms with E-state index in [0.29, 0.717) is 0 Å². The van der Waals surface area contributed by atoms with Crippen LogP contribution >= 0.6 is 0 Å². The van der Waals surface area contributed by atoms with Crippen LogP contribution in [0.2, 0.25) is 0 Å². The SMILES string of the molecule is CC(=O)c1c(O)cccc1OS(=O)O. The summed E-state index contributed by atoms with van der Waals surface area (Å²) in [6, 6.07) is 4.03. The maximum Gasteiger partial charge on any atom is 0.357 e. The second kappa shape index (κ2) is 4.21. The van der Waals surface area contributed by atoms with Crippen molar-refractivity contribution in [1.82, 2.24) is 0 Å². The minimum Gasteiger partial charge on any atom is -0.507 e. The molecule has 0 saturated heterocycles. The first-order valence-corrected chi connectivity index (χ1v) is 4.67. The molecule has 1 unspecified atom stereocenters. The van der Waals surface area contributed by atoms with Crippen molar-refractivity contribution in [2.75, 3.05) is 0 Å². The minimum atomic E-state index is -2.51. The Labute approximate surface area is 82.8 Å². The van der Waals surface area contributed by atoms with E-state index in [-0.39, 0.29) is 17.1 Å². The van der Waals surface area contributed by atoms with Gasteiger partial charge in [0.2, 0.25) is 0 Å². The van der Waals surface area contributed by atoms with E-state index in [1.54, 1.807) is 0 Å². The molecule has 1 aromatic rings. The maximum atomic E-state index is 11.0. The van der Waals surface area contributed by atoms with Gasteiger partial charge < -0.3 is 9.29 Å². The van der Waals surface area contributed by atoms with Gasteiger partial charge in [-0.15, -0.1) is 0 Å². The van der Waals surface area contributed by atoms with Crippen LogP contribution in [0.5, 0.6) is 11.5 Å². The summed E-state index contributed by atoms with van der Waals surface area (Å²) in [6.45, 7) is 1.22. The van der Waals surface area contributed by atoms with E-state index >= 15 is 0 Å². The van der Waals surface area contributed by atoms with E-state index in [4.69, 9.17) is 4.55 Å². The first-order valence-electron chi connectivity index (χ1n) is 3.64. The third kappa shape index (κ3) is 2.30. The second-order valence-electron chi connectivity index (χ2n) is 2.51. The lowest BCUT2D eigenvalue weighted by molar-refractivity contribution is 0.101. The van der Waals surface area contributed by atoms with Crippen molar-refractivity contribution >= 4 is 17.1 Å². The van der Waals surface area contributed by atoms with Crippen molar-refractivity contribution in [3.63, 3.8) is 0 Å². The average Bonchev–Trinajstić information content (AvgIpc) is 2.01. The van der Waals surface area contributed by atoms with Gasteiger partial charge in [0, 0.05) is 0 Å². The van der Waals surface area contributed by atoms with Crippen molar-refractivity contribution in [2.45, 2.75) is 6.92 Å². The molecule has 0 aliphatic rings. The van der Waals surface area contributed by atoms with Crippen LogP contribution in [0.15, 0.2) is 18.2 Å². The normalized spacial score (nSPS) is 12.1. The summed E-state index contributed by atoms with van der Waals surface area (Å²) in [5.74, 6) is -0.831. The van der Waals surface area contributed by atoms with Gasteiger partial charge in [-0.25, -0.2) is 0 Å². The number of hydrogen-bond donors (Lipinski definition) is 2. The van der Waals surface area contributed by atoms with Gasteiger partial charge >= 0.3 is 11.4 Å². The van der Waals surface area contributed by atoms with E-state index in [0.717, 1.165) is 0 Å². The van der Waals surface area contributed by atoms with E-state index in [1.807, 2.05) is 0 Å². The summed E-state index contributed by atoms with van der Waals surface area (Å²) in [5, 5.41) is 9.29. The Hall–Kier alpha value is -1.40. The number of ketones is 1. The van der Waals surface area contributed by atoms with Crippen molar-refractivity contribution in [3.05, 3.63) is 23.8 Å². The van der Waals surface area contributed by atoms with Gasteiger partial charge in [-0.05, 0) is 19.1 Å². The van der Waals surface area contributed by atoms with E-state index in [1.165, 1.54) is 25.1 Å². The maximum absolute atomic E-state index is 11.0. The van der Waals surface area contributed by atoms with Crippen molar-refractivity contribution in [1.29, 1.82) is 0 Å². The molecule has 1 atom stereocenters. The molecule has 0 amide bonds. The third-order valence-electron chi connectivity index (χ3n) is 1.52. The summed E-state index contributed by atoms with van der Waals surface area (Å²) in [7, 11) is 0. The van der Waals surface area contributed by atoms with E-state index in [9.17, 15) is 14.1 Å². The molecule has 0 spiro atoms. The highest BCUT2D eigenvalue weighted by atomic mass is 32.2. The second-order valence-corrected chi connectivity index (χ2v) is 3.11. The Morgan fingerprint density at radius 2 is 2.14 bits per heavy atom. The number of rotatable bonds is 3. The molecule has 0 fully saturated rings. The highest BCUT2D eigenvalue weighted by molar-refractivity contribution is 7.74. The molecule has 6 heteroatoms. The number of carbonyl (C=O) groups is 1. The quantitative estimate of drug-likeness (QED) is 0.584. The van der Waals surface area contributed by atoms with E-state index in [2.05, 4.69) is 4.18 Å². The molecule has 1 aromatic carbocycles. The molecule has 14 heavy (non-hydrogen) atoms. The number of benzene rings is 1. The Balaban J connectivity index is 3.21. The Kier molecular flexibility index (Phi) is 3.21. The highest BCUT2D eigenvalue weighted by Crippen LogP contribution is 2.28. The van der Waals surface area contributed by atoms with Crippen LogP contribution in [0.4, 0.5) is 0 Å². The van der Waals surface area contributed by atoms with Crippen molar-refractivity contribution < 1.29 is 22.8 Å². The molecule has 5 nitrogen and oxygen atoms in total. The molecule has 0 aromatic heterocycles. The topological polar surface area (TPSA) is 83.8 Å². The van der Waals surface area contributed by atoms with Crippen LogP contribution in [0, 0.1) is 0 Å². The highest BCUT2D eigenvalue weighted by Gasteiger charge is 2.14. The predicted molar refractivity (Wildman–Crippen MR) is 49.5 cm³/mol. The first-order chi connectivity index (χ1) is 6.52. The van der Waals surface area contributed by atoms with Gasteiger partial charge in [0.25, 0.3) is 0 Å². The molecular formula is C8H8O5S. The average molecular weight is 216 g/mol. The molecule has 1 rings (SSSR count). The molecule has 0 saturated carbocycles. The Bertz CT molecular complexity index is 387. The summed E-state index contributed by atoms with van der Waals surface area (Å²) in [6.07, 6.45) is 0. The fourth-order valence-electron chi connectivity index (χ4n) is 1.02. The lowest BCUT2D eigenvalue weighted by Crippen LogP contribution is -2.03. The molecule has 2 N–H and O–H groups in total. The van der Waals surface area contributed by atoms with Gasteiger partial charge in [0.15, 0.2) is 11.5 Å². The van der Waals surface area contributed by atoms with Gasteiger partial charge in [-0.2, -0.15) is 4.21 Å². The number of carbonyl (C=O) groups excluding carboxylic acids is 1. The fourth-order valence-corrected chi connectivity index (χ4v) is 1.31. The van der Waals surface area contributed by atoms with Crippen LogP contribution < -0.4 is 4.18 Å². The standard InChI is InChI=1S/C8H8O5S/c1-5(9)8-6(10)3-2-4-7(8)13-14(11)12/h2-4,10H,1H3,(H,11,12). The number of phenols is 1. The largest absolute Gasteiger partial charge is 0.507 e. The zero-order chi connectivity index (χ0) is 10.7. The molecule has 0 radical (unpaired) electrons. The molecule has 0 aliphatic carbocycles. The fraction of sp³-hybridized carbons (Fsp3) is 0.125. The Morgan fingerprint density at radius 3 is 2.64 bits per heavy atom. The molecule has 76 valence electrons. The molecule has 0 heterocycles. The summed E-state index contributed by atoms with van der Waals surface area (Å²) in [4.78, 5) is 11.0. The summed E-state index contributed by atoms with van der Waals surface area (Å²) >= 11 is -2.51. The summed E-state index contributed by atoms with van der Waals surface area (Å²) < 4.78 is 23.2. The van der Waals surface area contributed by atoms with Crippen molar-refractivity contribution in [2.24, 2.45) is 0 Å². The zero-order valence-electron chi connectivity index (χ0n) is 7.26. The van der Waals surface area contributed by atoms with Crippen LogP contribution in [-0.2, 0) is 11.4 Å². The zero-order valence-corrected chi connectivity index (χ0v) is 8.08. The van der Waals surface area contributed by atoms with Gasteiger partial charge in [-0.3, -0.25) is 9.35 Å². The first kappa shape index (κ1) is 10.7. The summed E-state index contributed by atoms with van der Waals surface area (Å²) in [5.41, 5.74) is -0.102. The van der Waals surface area contributed by atoms with Crippen LogP contribution in [0.25, 0.3) is 0 Å². The molecular weight excluding hydrogens is 208 g/mol. The van der Waals surface area contributed by atoms with Crippen molar-refractivity contribution in [3.8, 4) is 11.5 Å². The lowest BCUT2D eigenvalue weighted by Gasteiger charge is -2.06. The Morgan fingerprint density at radius 1 is 1.50 bits per heavy atom. The lowest BCUT2D eigenvalue weighted by atomic mass is 10.1.